The fraction of sp³-hybridized carbons (Fsp3) is 0.400. The van der Waals surface area contributed by atoms with Gasteiger partial charge in [0.25, 0.3) is 0 Å². The zero-order chi connectivity index (χ0) is 11.5. The topological polar surface area (TPSA) is 81.2 Å². The van der Waals surface area contributed by atoms with Crippen LogP contribution in [0.3, 0.4) is 0 Å². The number of nitro benzene ring substituents is 1. The fourth-order valence-electron chi connectivity index (χ4n) is 1.75. The first-order valence-corrected chi connectivity index (χ1v) is 6.21. The molecule has 3 N–H and O–H groups in total. The Morgan fingerprint density at radius 3 is 3.00 bits per heavy atom. The van der Waals surface area contributed by atoms with Gasteiger partial charge in [0.2, 0.25) is 0 Å². The van der Waals surface area contributed by atoms with Crippen molar-refractivity contribution in [2.45, 2.75) is 12.5 Å². The second kappa shape index (κ2) is 4.61. The van der Waals surface area contributed by atoms with Gasteiger partial charge in [0.05, 0.1) is 4.92 Å². The molecule has 6 heteroatoms. The van der Waals surface area contributed by atoms with Crippen molar-refractivity contribution in [1.82, 2.24) is 0 Å². The second-order valence-corrected chi connectivity index (χ2v) is 4.86. The van der Waals surface area contributed by atoms with Crippen molar-refractivity contribution >= 4 is 28.8 Å². The molecule has 0 bridgehead atoms. The second-order valence-electron chi connectivity index (χ2n) is 3.71. The van der Waals surface area contributed by atoms with E-state index in [4.69, 9.17) is 5.73 Å². The number of rotatable bonds is 3. The fourth-order valence-corrected chi connectivity index (χ4v) is 2.90. The predicted octanol–water partition coefficient (Wildman–Crippen LogP) is 2.09. The van der Waals surface area contributed by atoms with Crippen LogP contribution in [0.25, 0.3) is 0 Å². The number of hydrogen-bond donors (Lipinski definition) is 2. The summed E-state index contributed by atoms with van der Waals surface area (Å²) in [7, 11) is 0. The zero-order valence-electron chi connectivity index (χ0n) is 8.68. The van der Waals surface area contributed by atoms with Gasteiger partial charge in [-0.2, -0.15) is 11.8 Å². The summed E-state index contributed by atoms with van der Waals surface area (Å²) in [6.07, 6.45) is 1.04. The van der Waals surface area contributed by atoms with Crippen LogP contribution in [0.2, 0.25) is 0 Å². The molecule has 0 spiro atoms. The molecule has 2 rings (SSSR count). The van der Waals surface area contributed by atoms with Crippen LogP contribution in [0.15, 0.2) is 18.2 Å². The molecule has 16 heavy (non-hydrogen) atoms. The van der Waals surface area contributed by atoms with Gasteiger partial charge in [0.1, 0.15) is 11.4 Å². The third-order valence-electron chi connectivity index (χ3n) is 2.54. The number of hydrogen-bond acceptors (Lipinski definition) is 5. The van der Waals surface area contributed by atoms with Gasteiger partial charge in [-0.25, -0.2) is 0 Å². The smallest absolute Gasteiger partial charge is 0.314 e. The first kappa shape index (κ1) is 11.1. The monoisotopic (exact) mass is 239 g/mol. The molecule has 0 saturated carbocycles. The molecule has 1 fully saturated rings. The van der Waals surface area contributed by atoms with Crippen LogP contribution in [0, 0.1) is 10.1 Å². The Balaban J connectivity index is 2.25. The largest absolute Gasteiger partial charge is 0.393 e. The van der Waals surface area contributed by atoms with Gasteiger partial charge in [-0.3, -0.25) is 10.1 Å². The number of nitrogens with two attached hydrogens (primary N) is 1. The van der Waals surface area contributed by atoms with E-state index in [0.29, 0.717) is 11.7 Å². The molecule has 0 aromatic heterocycles. The average Bonchev–Trinajstić information content (AvgIpc) is 2.70. The van der Waals surface area contributed by atoms with Gasteiger partial charge >= 0.3 is 5.69 Å². The van der Waals surface area contributed by atoms with E-state index >= 15 is 0 Å². The van der Waals surface area contributed by atoms with Crippen molar-refractivity contribution in [2.75, 3.05) is 22.6 Å². The molecule has 0 radical (unpaired) electrons. The maximum atomic E-state index is 10.9. The summed E-state index contributed by atoms with van der Waals surface area (Å²) in [6, 6.07) is 5.29. The number of para-hydroxylation sites is 1. The maximum Gasteiger partial charge on any atom is 0.314 e. The maximum absolute atomic E-state index is 10.9. The highest BCUT2D eigenvalue weighted by atomic mass is 32.2. The summed E-state index contributed by atoms with van der Waals surface area (Å²) in [5.74, 6) is 2.10. The highest BCUT2D eigenvalue weighted by molar-refractivity contribution is 7.99. The van der Waals surface area contributed by atoms with Crippen LogP contribution in [0.4, 0.5) is 17.1 Å². The van der Waals surface area contributed by atoms with Crippen molar-refractivity contribution in [1.29, 1.82) is 0 Å². The molecular formula is C10H13N3O2S. The highest BCUT2D eigenvalue weighted by Gasteiger charge is 2.22. The van der Waals surface area contributed by atoms with Crippen molar-refractivity contribution in [3.05, 3.63) is 28.3 Å². The highest BCUT2D eigenvalue weighted by Crippen LogP contribution is 2.32. The summed E-state index contributed by atoms with van der Waals surface area (Å²) in [5, 5.41) is 14.1. The van der Waals surface area contributed by atoms with Crippen LogP contribution in [-0.2, 0) is 0 Å². The average molecular weight is 239 g/mol. The number of thioether (sulfide) groups is 1. The molecule has 1 heterocycles. The van der Waals surface area contributed by atoms with Crippen molar-refractivity contribution < 1.29 is 4.92 Å². The van der Waals surface area contributed by atoms with Gasteiger partial charge in [0.15, 0.2) is 0 Å². The lowest BCUT2D eigenvalue weighted by Crippen LogP contribution is -2.19. The predicted molar refractivity (Wildman–Crippen MR) is 66.9 cm³/mol. The molecule has 1 unspecified atom stereocenters. The Hall–Kier alpha value is -1.43. The molecule has 1 saturated heterocycles. The van der Waals surface area contributed by atoms with Crippen molar-refractivity contribution in [3.8, 4) is 0 Å². The molecule has 5 nitrogen and oxygen atoms in total. The third kappa shape index (κ3) is 2.21. The lowest BCUT2D eigenvalue weighted by molar-refractivity contribution is -0.383. The van der Waals surface area contributed by atoms with Gasteiger partial charge in [0, 0.05) is 11.8 Å². The molecule has 0 aliphatic carbocycles. The molecule has 1 aromatic rings. The van der Waals surface area contributed by atoms with E-state index in [1.54, 1.807) is 18.2 Å². The van der Waals surface area contributed by atoms with Crippen LogP contribution in [0.1, 0.15) is 6.42 Å². The molecule has 1 aromatic carbocycles. The van der Waals surface area contributed by atoms with E-state index in [1.807, 2.05) is 11.8 Å². The summed E-state index contributed by atoms with van der Waals surface area (Å²) < 4.78 is 0. The minimum atomic E-state index is -0.431. The normalized spacial score (nSPS) is 19.6. The van der Waals surface area contributed by atoms with Gasteiger partial charge in [-0.15, -0.1) is 0 Å². The molecular weight excluding hydrogens is 226 g/mol. The van der Waals surface area contributed by atoms with E-state index in [1.165, 1.54) is 0 Å². The van der Waals surface area contributed by atoms with Gasteiger partial charge < -0.3 is 11.1 Å². The summed E-state index contributed by atoms with van der Waals surface area (Å²) in [4.78, 5) is 10.5. The Kier molecular flexibility index (Phi) is 3.19. The van der Waals surface area contributed by atoms with E-state index in [2.05, 4.69) is 5.32 Å². The van der Waals surface area contributed by atoms with E-state index in [0.717, 1.165) is 17.9 Å². The Morgan fingerprint density at radius 1 is 1.56 bits per heavy atom. The number of anilines is 2. The van der Waals surface area contributed by atoms with Crippen molar-refractivity contribution in [3.63, 3.8) is 0 Å². The summed E-state index contributed by atoms with van der Waals surface area (Å²) >= 11 is 1.86. The Bertz CT molecular complexity index is 405. The van der Waals surface area contributed by atoms with Crippen LogP contribution in [-0.4, -0.2) is 22.5 Å². The lowest BCUT2D eigenvalue weighted by Gasteiger charge is -2.13. The van der Waals surface area contributed by atoms with Gasteiger partial charge in [-0.1, -0.05) is 6.07 Å². The van der Waals surface area contributed by atoms with Crippen LogP contribution in [0.5, 0.6) is 0 Å². The molecule has 86 valence electrons. The number of nitrogens with one attached hydrogen (secondary N) is 1. The minimum Gasteiger partial charge on any atom is -0.393 e. The summed E-state index contributed by atoms with van der Waals surface area (Å²) in [5.41, 5.74) is 6.33. The van der Waals surface area contributed by atoms with E-state index < -0.39 is 4.92 Å². The third-order valence-corrected chi connectivity index (χ3v) is 3.70. The molecule has 1 atom stereocenters. The Morgan fingerprint density at radius 2 is 2.38 bits per heavy atom. The number of nitro groups is 1. The molecule has 1 aliphatic heterocycles. The number of nitrogens with zero attached hydrogens (tertiary/aromatic N) is 1. The van der Waals surface area contributed by atoms with Crippen LogP contribution >= 0.6 is 11.8 Å². The molecule has 0 amide bonds. The zero-order valence-corrected chi connectivity index (χ0v) is 9.50. The quantitative estimate of drug-likeness (QED) is 0.479. The van der Waals surface area contributed by atoms with Gasteiger partial charge in [-0.05, 0) is 24.3 Å². The molecule has 1 aliphatic rings. The first-order chi connectivity index (χ1) is 7.68. The minimum absolute atomic E-state index is 0.0144. The standard InChI is InChI=1S/C10H13N3O2S/c11-8-2-1-3-9(10(8)13(14)15)12-7-4-5-16-6-7/h1-3,7,12H,4-6,11H2. The van der Waals surface area contributed by atoms with E-state index in [9.17, 15) is 10.1 Å². The van der Waals surface area contributed by atoms with E-state index in [-0.39, 0.29) is 11.4 Å². The number of benzene rings is 1. The van der Waals surface area contributed by atoms with Crippen LogP contribution < -0.4 is 11.1 Å². The summed E-state index contributed by atoms with van der Waals surface area (Å²) in [6.45, 7) is 0. The number of nitrogen functional groups attached to an aromatic ring is 1. The first-order valence-electron chi connectivity index (χ1n) is 5.05. The van der Waals surface area contributed by atoms with Crippen molar-refractivity contribution in [2.24, 2.45) is 0 Å². The SMILES string of the molecule is Nc1cccc(NC2CCSC2)c1[N+](=O)[O-]. The lowest BCUT2D eigenvalue weighted by atomic mass is 10.2. The Labute approximate surface area is 97.6 Å².